The molecule has 0 bridgehead atoms. The van der Waals surface area contributed by atoms with E-state index in [2.05, 4.69) is 9.97 Å². The molecule has 0 saturated carbocycles. The van der Waals surface area contributed by atoms with Crippen molar-refractivity contribution in [2.75, 3.05) is 5.73 Å². The molecule has 1 aromatic heterocycles. The molecule has 0 atom stereocenters. The number of rotatable bonds is 0. The first-order valence-corrected chi connectivity index (χ1v) is 2.40. The predicted octanol–water partition coefficient (Wildman–Crippen LogP) is 1.13. The molecule has 5 heteroatoms. The van der Waals surface area contributed by atoms with Crippen molar-refractivity contribution in [3.05, 3.63) is 17.5 Å². The molecule has 2 N–H and O–H groups in total. The third-order valence-electron chi connectivity index (χ3n) is 0.655. The van der Waals surface area contributed by atoms with Crippen molar-refractivity contribution in [3.8, 4) is 0 Å². The Morgan fingerprint density at radius 2 is 2.11 bits per heavy atom. The Morgan fingerprint density at radius 3 is 2.44 bits per heavy atom. The van der Waals surface area contributed by atoms with Gasteiger partial charge in [-0.15, -0.1) is 12.4 Å². The van der Waals surface area contributed by atoms with Crippen LogP contribution in [0.4, 0.5) is 5.82 Å². The third kappa shape index (κ3) is 2.49. The Bertz CT molecular complexity index is 174. The van der Waals surface area contributed by atoms with Crippen molar-refractivity contribution in [1.82, 2.24) is 9.97 Å². The molecule has 9 heavy (non-hydrogen) atoms. The minimum atomic E-state index is 0. The van der Waals surface area contributed by atoms with E-state index in [4.69, 9.17) is 17.3 Å². The van der Waals surface area contributed by atoms with E-state index >= 15 is 0 Å². The lowest BCUT2D eigenvalue weighted by Crippen LogP contribution is -1.88. The minimum Gasteiger partial charge on any atom is -0.384 e. The molecular formula is C4H5Cl2N3. The first-order valence-electron chi connectivity index (χ1n) is 2.02. The van der Waals surface area contributed by atoms with Crippen LogP contribution in [-0.2, 0) is 0 Å². The van der Waals surface area contributed by atoms with Crippen LogP contribution in [-0.4, -0.2) is 9.97 Å². The molecule has 0 saturated heterocycles. The van der Waals surface area contributed by atoms with E-state index in [1.54, 1.807) is 0 Å². The molecule has 1 rings (SSSR count). The maximum Gasteiger partial charge on any atom is 0.134 e. The van der Waals surface area contributed by atoms with Crippen LogP contribution >= 0.6 is 24.0 Å². The molecule has 50 valence electrons. The Balaban J connectivity index is 0.000000640. The van der Waals surface area contributed by atoms with Crippen LogP contribution in [0.2, 0.25) is 5.15 Å². The predicted molar refractivity (Wildman–Crippen MR) is 38.7 cm³/mol. The summed E-state index contributed by atoms with van der Waals surface area (Å²) >= 11 is 5.41. The van der Waals surface area contributed by atoms with Gasteiger partial charge in [-0.2, -0.15) is 0 Å². The third-order valence-corrected chi connectivity index (χ3v) is 0.862. The average Bonchev–Trinajstić information content (AvgIpc) is 1.64. The van der Waals surface area contributed by atoms with E-state index in [1.807, 2.05) is 0 Å². The standard InChI is InChI=1S/C4H4ClN3.ClH/c5-3-1-4(6)8-2-7-3;/h1-2H,(H2,6,7,8);1H. The summed E-state index contributed by atoms with van der Waals surface area (Å²) in [5.74, 6) is 0.394. The monoisotopic (exact) mass is 165 g/mol. The highest BCUT2D eigenvalue weighted by molar-refractivity contribution is 6.29. The van der Waals surface area contributed by atoms with Crippen LogP contribution in [0.3, 0.4) is 0 Å². The quantitative estimate of drug-likeness (QED) is 0.587. The Hall–Kier alpha value is -0.540. The van der Waals surface area contributed by atoms with Crippen LogP contribution in [0.1, 0.15) is 0 Å². The second-order valence-electron chi connectivity index (χ2n) is 1.27. The second-order valence-corrected chi connectivity index (χ2v) is 1.65. The van der Waals surface area contributed by atoms with Gasteiger partial charge in [0.2, 0.25) is 0 Å². The first-order chi connectivity index (χ1) is 3.79. The number of nitrogens with zero attached hydrogens (tertiary/aromatic N) is 2. The molecule has 1 heterocycles. The molecule has 0 unspecified atom stereocenters. The molecule has 0 spiro atoms. The van der Waals surface area contributed by atoms with Crippen molar-refractivity contribution < 1.29 is 0 Å². The van der Waals surface area contributed by atoms with E-state index in [9.17, 15) is 0 Å². The zero-order valence-corrected chi connectivity index (χ0v) is 5.99. The Morgan fingerprint density at radius 1 is 1.44 bits per heavy atom. The summed E-state index contributed by atoms with van der Waals surface area (Å²) in [6, 6.07) is 1.49. The summed E-state index contributed by atoms with van der Waals surface area (Å²) in [4.78, 5) is 7.24. The molecule has 3 nitrogen and oxygen atoms in total. The average molecular weight is 166 g/mol. The molecule has 0 fully saturated rings. The van der Waals surface area contributed by atoms with Crippen molar-refractivity contribution in [2.45, 2.75) is 0 Å². The molecular weight excluding hydrogens is 161 g/mol. The van der Waals surface area contributed by atoms with Gasteiger partial charge >= 0.3 is 0 Å². The van der Waals surface area contributed by atoms with E-state index < -0.39 is 0 Å². The fourth-order valence-corrected chi connectivity index (χ4v) is 0.503. The molecule has 0 aliphatic rings. The molecule has 0 aliphatic heterocycles. The summed E-state index contributed by atoms with van der Waals surface area (Å²) in [6.45, 7) is 0. The van der Waals surface area contributed by atoms with E-state index in [-0.39, 0.29) is 12.4 Å². The van der Waals surface area contributed by atoms with Gasteiger partial charge in [0, 0.05) is 6.07 Å². The van der Waals surface area contributed by atoms with E-state index in [0.717, 1.165) is 0 Å². The number of nitrogen functional groups attached to an aromatic ring is 1. The molecule has 0 amide bonds. The molecule has 0 aromatic carbocycles. The number of nitrogens with two attached hydrogens (primary N) is 1. The van der Waals surface area contributed by atoms with Gasteiger partial charge in [-0.25, -0.2) is 9.97 Å². The van der Waals surface area contributed by atoms with Gasteiger partial charge < -0.3 is 5.73 Å². The van der Waals surface area contributed by atoms with Crippen LogP contribution in [0.15, 0.2) is 12.4 Å². The number of hydrogen-bond acceptors (Lipinski definition) is 3. The van der Waals surface area contributed by atoms with E-state index in [0.29, 0.717) is 11.0 Å². The van der Waals surface area contributed by atoms with Gasteiger partial charge in [-0.3, -0.25) is 0 Å². The second kappa shape index (κ2) is 3.48. The van der Waals surface area contributed by atoms with Crippen LogP contribution in [0, 0.1) is 0 Å². The largest absolute Gasteiger partial charge is 0.384 e. The van der Waals surface area contributed by atoms with Crippen LogP contribution in [0.25, 0.3) is 0 Å². The van der Waals surface area contributed by atoms with Gasteiger partial charge in [0.15, 0.2) is 0 Å². The van der Waals surface area contributed by atoms with Crippen molar-refractivity contribution >= 4 is 29.8 Å². The minimum absolute atomic E-state index is 0. The van der Waals surface area contributed by atoms with Crippen molar-refractivity contribution in [3.63, 3.8) is 0 Å². The number of aromatic nitrogens is 2. The fraction of sp³-hybridized carbons (Fsp3) is 0. The summed E-state index contributed by atoms with van der Waals surface area (Å²) in [5, 5.41) is 0.373. The number of hydrogen-bond donors (Lipinski definition) is 1. The van der Waals surface area contributed by atoms with Gasteiger partial charge in [-0.1, -0.05) is 11.6 Å². The zero-order valence-electron chi connectivity index (χ0n) is 4.41. The van der Waals surface area contributed by atoms with Gasteiger partial charge in [0.25, 0.3) is 0 Å². The summed E-state index contributed by atoms with van der Waals surface area (Å²) in [5.41, 5.74) is 5.22. The zero-order chi connectivity index (χ0) is 5.98. The maximum absolute atomic E-state index is 5.41. The summed E-state index contributed by atoms with van der Waals surface area (Å²) < 4.78 is 0. The smallest absolute Gasteiger partial charge is 0.134 e. The van der Waals surface area contributed by atoms with Crippen LogP contribution in [0.5, 0.6) is 0 Å². The molecule has 0 aliphatic carbocycles. The van der Waals surface area contributed by atoms with Crippen LogP contribution < -0.4 is 5.73 Å². The molecule has 0 radical (unpaired) electrons. The number of anilines is 1. The lowest BCUT2D eigenvalue weighted by molar-refractivity contribution is 1.18. The Kier molecular flexibility index (Phi) is 3.27. The highest BCUT2D eigenvalue weighted by Gasteiger charge is 1.86. The van der Waals surface area contributed by atoms with Crippen molar-refractivity contribution in [1.29, 1.82) is 0 Å². The van der Waals surface area contributed by atoms with E-state index in [1.165, 1.54) is 12.4 Å². The Labute approximate surface area is 63.7 Å². The highest BCUT2D eigenvalue weighted by atomic mass is 35.5. The number of halogens is 2. The van der Waals surface area contributed by atoms with Crippen molar-refractivity contribution in [2.24, 2.45) is 0 Å². The first kappa shape index (κ1) is 8.46. The highest BCUT2D eigenvalue weighted by Crippen LogP contribution is 2.03. The topological polar surface area (TPSA) is 51.8 Å². The SMILES string of the molecule is Cl.Nc1cc(Cl)ncn1. The fourth-order valence-electron chi connectivity index (χ4n) is 0.347. The molecule has 1 aromatic rings. The van der Waals surface area contributed by atoms with Gasteiger partial charge in [0.05, 0.1) is 0 Å². The lowest BCUT2D eigenvalue weighted by atomic mass is 10.6. The summed E-state index contributed by atoms with van der Waals surface area (Å²) in [6.07, 6.45) is 1.32. The van der Waals surface area contributed by atoms with Gasteiger partial charge in [0.1, 0.15) is 17.3 Å². The summed E-state index contributed by atoms with van der Waals surface area (Å²) in [7, 11) is 0. The normalized spacial score (nSPS) is 8.11. The maximum atomic E-state index is 5.41. The van der Waals surface area contributed by atoms with Gasteiger partial charge in [-0.05, 0) is 0 Å². The lowest BCUT2D eigenvalue weighted by Gasteiger charge is -1.87.